The number of nitrogens with one attached hydrogen (secondary N) is 1. The third-order valence-corrected chi connectivity index (χ3v) is 3.13. The minimum Gasteiger partial charge on any atom is -0.494 e. The molecular formula is C16H23NO4. The van der Waals surface area contributed by atoms with Crippen molar-refractivity contribution >= 4 is 11.9 Å². The molecule has 1 amide bonds. The van der Waals surface area contributed by atoms with Crippen LogP contribution in [0, 0.1) is 5.92 Å². The van der Waals surface area contributed by atoms with Gasteiger partial charge in [-0.25, -0.2) is 0 Å². The van der Waals surface area contributed by atoms with Crippen molar-refractivity contribution in [2.45, 2.75) is 33.1 Å². The number of aliphatic carboxylic acids is 1. The van der Waals surface area contributed by atoms with Crippen molar-refractivity contribution < 1.29 is 19.4 Å². The van der Waals surface area contributed by atoms with Gasteiger partial charge in [0, 0.05) is 6.54 Å². The third-order valence-electron chi connectivity index (χ3n) is 3.13. The van der Waals surface area contributed by atoms with Crippen molar-refractivity contribution in [2.24, 2.45) is 5.92 Å². The second-order valence-corrected chi connectivity index (χ2v) is 4.88. The summed E-state index contributed by atoms with van der Waals surface area (Å²) in [6.07, 6.45) is 1.59. The zero-order valence-electron chi connectivity index (χ0n) is 12.6. The number of carboxylic acids is 1. The van der Waals surface area contributed by atoms with Gasteiger partial charge < -0.3 is 15.2 Å². The number of carboxylic acid groups (broad SMARTS) is 1. The average Bonchev–Trinajstić information content (AvgIpc) is 2.45. The molecule has 0 heterocycles. The Morgan fingerprint density at radius 3 is 2.43 bits per heavy atom. The minimum absolute atomic E-state index is 0.165. The van der Waals surface area contributed by atoms with Crippen LogP contribution in [0.3, 0.4) is 0 Å². The summed E-state index contributed by atoms with van der Waals surface area (Å²) in [5.74, 6) is -0.769. The Labute approximate surface area is 125 Å². The molecule has 0 bridgehead atoms. The fourth-order valence-electron chi connectivity index (χ4n) is 2.02. The summed E-state index contributed by atoms with van der Waals surface area (Å²) < 4.78 is 5.33. The normalized spacial score (nSPS) is 11.7. The first-order valence-corrected chi connectivity index (χ1v) is 7.28. The lowest BCUT2D eigenvalue weighted by atomic mass is 10.0. The van der Waals surface area contributed by atoms with Crippen molar-refractivity contribution in [3.05, 3.63) is 29.8 Å². The molecule has 1 aromatic carbocycles. The molecule has 0 fully saturated rings. The highest BCUT2D eigenvalue weighted by atomic mass is 16.5. The van der Waals surface area contributed by atoms with Crippen LogP contribution in [-0.4, -0.2) is 30.1 Å². The van der Waals surface area contributed by atoms with E-state index in [1.807, 2.05) is 38.1 Å². The second-order valence-electron chi connectivity index (χ2n) is 4.88. The molecule has 0 aliphatic carbocycles. The highest BCUT2D eigenvalue weighted by Crippen LogP contribution is 2.12. The van der Waals surface area contributed by atoms with E-state index in [-0.39, 0.29) is 18.9 Å². The predicted octanol–water partition coefficient (Wildman–Crippen LogP) is 2.24. The summed E-state index contributed by atoms with van der Waals surface area (Å²) >= 11 is 0. The van der Waals surface area contributed by atoms with E-state index in [1.54, 1.807) is 0 Å². The Morgan fingerprint density at radius 1 is 1.24 bits per heavy atom. The first-order chi connectivity index (χ1) is 10.1. The topological polar surface area (TPSA) is 75.6 Å². The summed E-state index contributed by atoms with van der Waals surface area (Å²) in [6, 6.07) is 7.32. The van der Waals surface area contributed by atoms with Crippen molar-refractivity contribution in [2.75, 3.05) is 13.2 Å². The molecule has 5 nitrogen and oxygen atoms in total. The molecule has 1 aromatic rings. The van der Waals surface area contributed by atoms with E-state index < -0.39 is 11.9 Å². The van der Waals surface area contributed by atoms with Gasteiger partial charge in [-0.1, -0.05) is 25.5 Å². The monoisotopic (exact) mass is 293 g/mol. The molecule has 0 spiro atoms. The maximum atomic E-state index is 11.8. The molecule has 21 heavy (non-hydrogen) atoms. The van der Waals surface area contributed by atoms with Crippen LogP contribution in [0.25, 0.3) is 0 Å². The van der Waals surface area contributed by atoms with Gasteiger partial charge in [0.25, 0.3) is 0 Å². The van der Waals surface area contributed by atoms with Gasteiger partial charge in [0.05, 0.1) is 18.9 Å². The van der Waals surface area contributed by atoms with Gasteiger partial charge >= 0.3 is 5.97 Å². The molecular weight excluding hydrogens is 270 g/mol. The molecule has 0 radical (unpaired) electrons. The summed E-state index contributed by atoms with van der Waals surface area (Å²) in [7, 11) is 0. The Balaban J connectivity index is 2.44. The molecule has 5 heteroatoms. The molecule has 1 rings (SSSR count). The van der Waals surface area contributed by atoms with Crippen LogP contribution >= 0.6 is 0 Å². The summed E-state index contributed by atoms with van der Waals surface area (Å²) in [4.78, 5) is 22.8. The first kappa shape index (κ1) is 17.0. The second kappa shape index (κ2) is 9.00. The quantitative estimate of drug-likeness (QED) is 0.732. The average molecular weight is 293 g/mol. The van der Waals surface area contributed by atoms with E-state index >= 15 is 0 Å². The van der Waals surface area contributed by atoms with Gasteiger partial charge in [-0.15, -0.1) is 0 Å². The van der Waals surface area contributed by atoms with Crippen molar-refractivity contribution in [1.29, 1.82) is 0 Å². The van der Waals surface area contributed by atoms with Crippen LogP contribution in [-0.2, 0) is 16.0 Å². The molecule has 2 N–H and O–H groups in total. The molecule has 0 saturated carbocycles. The highest BCUT2D eigenvalue weighted by Gasteiger charge is 2.17. The van der Waals surface area contributed by atoms with Gasteiger partial charge in [0.1, 0.15) is 5.75 Å². The highest BCUT2D eigenvalue weighted by molar-refractivity contribution is 5.79. The van der Waals surface area contributed by atoms with E-state index in [1.165, 1.54) is 0 Å². The standard InChI is InChI=1S/C16H23NO4/c1-3-5-13(16(19)20)11-17-15(18)10-12-6-8-14(9-7-12)21-4-2/h6-9,13H,3-5,10-11H2,1-2H3,(H,17,18)(H,19,20). The number of carbonyl (C=O) groups is 2. The van der Waals surface area contributed by atoms with Crippen molar-refractivity contribution in [3.8, 4) is 5.75 Å². The third kappa shape index (κ3) is 6.29. The van der Waals surface area contributed by atoms with Gasteiger partial charge in [-0.05, 0) is 31.0 Å². The van der Waals surface area contributed by atoms with E-state index in [0.29, 0.717) is 13.0 Å². The van der Waals surface area contributed by atoms with Crippen LogP contribution in [0.4, 0.5) is 0 Å². The van der Waals surface area contributed by atoms with E-state index in [9.17, 15) is 9.59 Å². The molecule has 116 valence electrons. The number of hydrogen-bond donors (Lipinski definition) is 2. The molecule has 0 aromatic heterocycles. The summed E-state index contributed by atoms with van der Waals surface area (Å²) in [5.41, 5.74) is 0.873. The molecule has 0 aliphatic heterocycles. The maximum absolute atomic E-state index is 11.8. The van der Waals surface area contributed by atoms with E-state index in [0.717, 1.165) is 17.7 Å². The number of ether oxygens (including phenoxy) is 1. The van der Waals surface area contributed by atoms with E-state index in [2.05, 4.69) is 5.32 Å². The van der Waals surface area contributed by atoms with Gasteiger partial charge in [0.2, 0.25) is 5.91 Å². The largest absolute Gasteiger partial charge is 0.494 e. The SMILES string of the molecule is CCCC(CNC(=O)Cc1ccc(OCC)cc1)C(=O)O. The predicted molar refractivity (Wildman–Crippen MR) is 80.4 cm³/mol. The molecule has 1 atom stereocenters. The van der Waals surface area contributed by atoms with E-state index in [4.69, 9.17) is 9.84 Å². The van der Waals surface area contributed by atoms with Crippen LogP contribution in [0.15, 0.2) is 24.3 Å². The maximum Gasteiger partial charge on any atom is 0.308 e. The summed E-state index contributed by atoms with van der Waals surface area (Å²) in [6.45, 7) is 4.63. The molecule has 0 saturated heterocycles. The molecule has 0 aliphatic rings. The number of benzene rings is 1. The minimum atomic E-state index is -0.863. The number of carbonyl (C=O) groups excluding carboxylic acids is 1. The lowest BCUT2D eigenvalue weighted by Gasteiger charge is -2.12. The fraction of sp³-hybridized carbons (Fsp3) is 0.500. The van der Waals surface area contributed by atoms with Gasteiger partial charge in [-0.3, -0.25) is 9.59 Å². The zero-order valence-corrected chi connectivity index (χ0v) is 12.6. The zero-order chi connectivity index (χ0) is 15.7. The first-order valence-electron chi connectivity index (χ1n) is 7.28. The lowest BCUT2D eigenvalue weighted by Crippen LogP contribution is -2.33. The van der Waals surface area contributed by atoms with Gasteiger partial charge in [0.15, 0.2) is 0 Å². The van der Waals surface area contributed by atoms with Crippen molar-refractivity contribution in [3.63, 3.8) is 0 Å². The fourth-order valence-corrected chi connectivity index (χ4v) is 2.02. The molecule has 1 unspecified atom stereocenters. The number of rotatable bonds is 9. The smallest absolute Gasteiger partial charge is 0.308 e. The van der Waals surface area contributed by atoms with Crippen molar-refractivity contribution in [1.82, 2.24) is 5.32 Å². The Bertz CT molecular complexity index is 456. The number of hydrogen-bond acceptors (Lipinski definition) is 3. The van der Waals surface area contributed by atoms with Crippen LogP contribution in [0.1, 0.15) is 32.3 Å². The summed E-state index contributed by atoms with van der Waals surface area (Å²) in [5, 5.41) is 11.7. The number of amides is 1. The Morgan fingerprint density at radius 2 is 1.90 bits per heavy atom. The Kier molecular flexibility index (Phi) is 7.29. The lowest BCUT2D eigenvalue weighted by molar-refractivity contribution is -0.141. The van der Waals surface area contributed by atoms with Crippen LogP contribution < -0.4 is 10.1 Å². The van der Waals surface area contributed by atoms with Crippen LogP contribution in [0.2, 0.25) is 0 Å². The Hall–Kier alpha value is -2.04. The van der Waals surface area contributed by atoms with Gasteiger partial charge in [-0.2, -0.15) is 0 Å². The van der Waals surface area contributed by atoms with Crippen LogP contribution in [0.5, 0.6) is 5.75 Å².